The minimum Gasteiger partial charge on any atom is -0.399 e. The van der Waals surface area contributed by atoms with Gasteiger partial charge in [-0.2, -0.15) is 4.98 Å². The van der Waals surface area contributed by atoms with E-state index in [0.717, 1.165) is 36.2 Å². The van der Waals surface area contributed by atoms with Crippen LogP contribution in [0.3, 0.4) is 0 Å². The molecule has 2 aromatic rings. The highest BCUT2D eigenvalue weighted by atomic mass is 16.5. The lowest BCUT2D eigenvalue weighted by atomic mass is 9.83. The Hall–Kier alpha value is -1.84. The zero-order chi connectivity index (χ0) is 14.7. The zero-order valence-corrected chi connectivity index (χ0v) is 12.6. The molecule has 2 N–H and O–H groups in total. The number of nitrogens with zero attached hydrogens (tertiary/aromatic N) is 2. The lowest BCUT2D eigenvalue weighted by molar-refractivity contribution is 0.324. The van der Waals surface area contributed by atoms with Gasteiger partial charge in [0.2, 0.25) is 5.89 Å². The molecular formula is C17H23N3O. The summed E-state index contributed by atoms with van der Waals surface area (Å²) in [7, 11) is 0. The molecular weight excluding hydrogens is 262 g/mol. The van der Waals surface area contributed by atoms with Gasteiger partial charge in [-0.1, -0.05) is 37.1 Å². The number of rotatable bonds is 4. The number of nitrogens with two attached hydrogens (primary N) is 1. The minimum atomic E-state index is 0.492. The Morgan fingerprint density at radius 1 is 1.19 bits per heavy atom. The number of aryl methyl sites for hydroxylation is 2. The molecule has 112 valence electrons. The Bertz CT molecular complexity index is 585. The van der Waals surface area contributed by atoms with Gasteiger partial charge in [0.1, 0.15) is 0 Å². The van der Waals surface area contributed by atoms with Crippen LogP contribution in [0.5, 0.6) is 0 Å². The van der Waals surface area contributed by atoms with Crippen molar-refractivity contribution in [2.45, 2.75) is 51.4 Å². The van der Waals surface area contributed by atoms with Crippen molar-refractivity contribution in [3.05, 3.63) is 41.5 Å². The molecule has 4 heteroatoms. The topological polar surface area (TPSA) is 64.9 Å². The zero-order valence-electron chi connectivity index (χ0n) is 12.6. The van der Waals surface area contributed by atoms with Crippen LogP contribution in [0, 0.1) is 5.92 Å². The Labute approximate surface area is 125 Å². The molecule has 1 saturated carbocycles. The van der Waals surface area contributed by atoms with Gasteiger partial charge >= 0.3 is 0 Å². The molecule has 3 rings (SSSR count). The highest BCUT2D eigenvalue weighted by Crippen LogP contribution is 2.34. The van der Waals surface area contributed by atoms with Crippen LogP contribution in [0.25, 0.3) is 0 Å². The summed E-state index contributed by atoms with van der Waals surface area (Å²) in [6.07, 6.45) is 6.59. The van der Waals surface area contributed by atoms with Crippen molar-refractivity contribution < 1.29 is 4.52 Å². The van der Waals surface area contributed by atoms with E-state index in [4.69, 9.17) is 10.3 Å². The first-order valence-electron chi connectivity index (χ1n) is 7.87. The highest BCUT2D eigenvalue weighted by molar-refractivity contribution is 5.40. The van der Waals surface area contributed by atoms with Crippen molar-refractivity contribution in [2.75, 3.05) is 5.73 Å². The molecule has 21 heavy (non-hydrogen) atoms. The van der Waals surface area contributed by atoms with E-state index >= 15 is 0 Å². The van der Waals surface area contributed by atoms with Crippen LogP contribution >= 0.6 is 0 Å². The Morgan fingerprint density at radius 2 is 2.00 bits per heavy atom. The van der Waals surface area contributed by atoms with Crippen LogP contribution in [-0.2, 0) is 12.8 Å². The molecule has 1 aliphatic rings. The molecule has 0 unspecified atom stereocenters. The fraction of sp³-hybridized carbons (Fsp3) is 0.529. The SMILES string of the molecule is CC1CCC(c2noc(CCc3cccc(N)c3)n2)CC1. The van der Waals surface area contributed by atoms with Gasteiger partial charge < -0.3 is 10.3 Å². The van der Waals surface area contributed by atoms with Gasteiger partial charge in [-0.05, 0) is 42.9 Å². The molecule has 1 aliphatic carbocycles. The predicted octanol–water partition coefficient (Wildman–Crippen LogP) is 3.73. The Morgan fingerprint density at radius 3 is 2.76 bits per heavy atom. The van der Waals surface area contributed by atoms with Crippen molar-refractivity contribution in [1.29, 1.82) is 0 Å². The molecule has 0 saturated heterocycles. The van der Waals surface area contributed by atoms with Crippen LogP contribution in [0.2, 0.25) is 0 Å². The van der Waals surface area contributed by atoms with Gasteiger partial charge in [-0.25, -0.2) is 0 Å². The normalized spacial score (nSPS) is 22.3. The van der Waals surface area contributed by atoms with Crippen LogP contribution in [-0.4, -0.2) is 10.1 Å². The number of hydrogen-bond donors (Lipinski definition) is 1. The molecule has 4 nitrogen and oxygen atoms in total. The molecule has 0 spiro atoms. The van der Waals surface area contributed by atoms with Crippen LogP contribution in [0.1, 0.15) is 55.8 Å². The highest BCUT2D eigenvalue weighted by Gasteiger charge is 2.23. The fourth-order valence-corrected chi connectivity index (χ4v) is 3.05. The third kappa shape index (κ3) is 3.63. The molecule has 0 atom stereocenters. The second kappa shape index (κ2) is 6.29. The smallest absolute Gasteiger partial charge is 0.226 e. The standard InChI is InChI=1S/C17H23N3O/c1-12-5-8-14(9-6-12)17-19-16(21-20-17)10-7-13-3-2-4-15(18)11-13/h2-4,11-12,14H,5-10,18H2,1H3. The predicted molar refractivity (Wildman–Crippen MR) is 82.9 cm³/mol. The molecule has 1 fully saturated rings. The van der Waals surface area contributed by atoms with Crippen molar-refractivity contribution in [3.63, 3.8) is 0 Å². The van der Waals surface area contributed by atoms with Crippen molar-refractivity contribution in [2.24, 2.45) is 5.92 Å². The van der Waals surface area contributed by atoms with Crippen molar-refractivity contribution in [1.82, 2.24) is 10.1 Å². The summed E-state index contributed by atoms with van der Waals surface area (Å²) in [6.45, 7) is 2.32. The summed E-state index contributed by atoms with van der Waals surface area (Å²) in [6, 6.07) is 7.96. The van der Waals surface area contributed by atoms with E-state index in [9.17, 15) is 0 Å². The molecule has 0 amide bonds. The van der Waals surface area contributed by atoms with Crippen molar-refractivity contribution in [3.8, 4) is 0 Å². The molecule has 1 aromatic carbocycles. The molecule has 0 radical (unpaired) electrons. The largest absolute Gasteiger partial charge is 0.399 e. The maximum Gasteiger partial charge on any atom is 0.226 e. The average molecular weight is 285 g/mol. The van der Waals surface area contributed by atoms with E-state index in [2.05, 4.69) is 23.1 Å². The summed E-state index contributed by atoms with van der Waals surface area (Å²) >= 11 is 0. The maximum atomic E-state index is 5.79. The van der Waals surface area contributed by atoms with E-state index in [1.54, 1.807) is 0 Å². The van der Waals surface area contributed by atoms with Gasteiger partial charge in [0, 0.05) is 18.0 Å². The number of anilines is 1. The van der Waals surface area contributed by atoms with Crippen LogP contribution in [0.15, 0.2) is 28.8 Å². The van der Waals surface area contributed by atoms with E-state index in [0.29, 0.717) is 5.92 Å². The van der Waals surface area contributed by atoms with E-state index in [1.165, 1.54) is 31.2 Å². The molecule has 1 aromatic heterocycles. The second-order valence-corrected chi connectivity index (χ2v) is 6.25. The molecule has 0 bridgehead atoms. The summed E-state index contributed by atoms with van der Waals surface area (Å²) in [5, 5.41) is 4.18. The third-order valence-electron chi connectivity index (χ3n) is 4.44. The first-order chi connectivity index (χ1) is 10.2. The lowest BCUT2D eigenvalue weighted by Crippen LogP contribution is -2.12. The van der Waals surface area contributed by atoms with Gasteiger partial charge in [0.25, 0.3) is 0 Å². The van der Waals surface area contributed by atoms with Gasteiger partial charge in [-0.15, -0.1) is 0 Å². The first-order valence-corrected chi connectivity index (χ1v) is 7.87. The quantitative estimate of drug-likeness (QED) is 0.869. The number of nitrogen functional groups attached to an aromatic ring is 1. The van der Waals surface area contributed by atoms with E-state index < -0.39 is 0 Å². The monoisotopic (exact) mass is 285 g/mol. The summed E-state index contributed by atoms with van der Waals surface area (Å²) < 4.78 is 5.40. The molecule has 0 aliphatic heterocycles. The van der Waals surface area contributed by atoms with E-state index in [1.807, 2.05) is 18.2 Å². The summed E-state index contributed by atoms with van der Waals surface area (Å²) in [5.74, 6) is 2.98. The lowest BCUT2D eigenvalue weighted by Gasteiger charge is -2.23. The first kappa shape index (κ1) is 14.1. The van der Waals surface area contributed by atoms with Crippen molar-refractivity contribution >= 4 is 5.69 Å². The number of aromatic nitrogens is 2. The number of benzene rings is 1. The minimum absolute atomic E-state index is 0.492. The fourth-order valence-electron chi connectivity index (χ4n) is 3.05. The van der Waals surface area contributed by atoms with Gasteiger partial charge in [0.05, 0.1) is 0 Å². The third-order valence-corrected chi connectivity index (χ3v) is 4.44. The average Bonchev–Trinajstić information content (AvgIpc) is 2.95. The Kier molecular flexibility index (Phi) is 4.23. The van der Waals surface area contributed by atoms with Gasteiger partial charge in [0.15, 0.2) is 5.82 Å². The van der Waals surface area contributed by atoms with Crippen LogP contribution < -0.4 is 5.73 Å². The molecule has 1 heterocycles. The van der Waals surface area contributed by atoms with Gasteiger partial charge in [-0.3, -0.25) is 0 Å². The maximum absolute atomic E-state index is 5.79. The Balaban J connectivity index is 1.58. The summed E-state index contributed by atoms with van der Waals surface area (Å²) in [5.41, 5.74) is 7.80. The number of hydrogen-bond acceptors (Lipinski definition) is 4. The van der Waals surface area contributed by atoms with Crippen LogP contribution in [0.4, 0.5) is 5.69 Å². The van der Waals surface area contributed by atoms with E-state index in [-0.39, 0.29) is 0 Å². The summed E-state index contributed by atoms with van der Waals surface area (Å²) in [4.78, 5) is 4.59. The second-order valence-electron chi connectivity index (χ2n) is 6.25.